The molecular formula is C24H31ClN2O3. The fourth-order valence-electron chi connectivity index (χ4n) is 5.37. The Hall–Kier alpha value is -2.01. The van der Waals surface area contributed by atoms with Crippen LogP contribution in [0.25, 0.3) is 0 Å². The van der Waals surface area contributed by atoms with Crippen LogP contribution in [0, 0.1) is 11.3 Å². The zero-order valence-electron chi connectivity index (χ0n) is 17.9. The Balaban J connectivity index is 1.53. The predicted octanol–water partition coefficient (Wildman–Crippen LogP) is 5.42. The second kappa shape index (κ2) is 8.26. The fourth-order valence-corrected chi connectivity index (χ4v) is 5.61. The van der Waals surface area contributed by atoms with Crippen molar-refractivity contribution in [1.82, 2.24) is 10.2 Å². The molecular weight excluding hydrogens is 400 g/mol. The highest BCUT2D eigenvalue weighted by atomic mass is 35.5. The molecule has 2 amide bonds. The van der Waals surface area contributed by atoms with E-state index in [0.29, 0.717) is 41.7 Å². The molecule has 1 aromatic carbocycles. The lowest BCUT2D eigenvalue weighted by atomic mass is 9.65. The molecule has 30 heavy (non-hydrogen) atoms. The molecule has 1 atom stereocenters. The number of aldehydes is 1. The summed E-state index contributed by atoms with van der Waals surface area (Å²) < 4.78 is 6.02. The third-order valence-electron chi connectivity index (χ3n) is 6.76. The number of hydrogen-bond acceptors (Lipinski definition) is 3. The van der Waals surface area contributed by atoms with Crippen molar-refractivity contribution in [3.63, 3.8) is 0 Å². The van der Waals surface area contributed by atoms with E-state index in [9.17, 15) is 9.59 Å². The molecule has 3 aliphatic rings. The average Bonchev–Trinajstić information content (AvgIpc) is 2.69. The fraction of sp³-hybridized carbons (Fsp3) is 0.583. The van der Waals surface area contributed by atoms with Crippen LogP contribution in [0.15, 0.2) is 30.0 Å². The summed E-state index contributed by atoms with van der Waals surface area (Å²) in [6.45, 7) is 5.68. The maximum absolute atomic E-state index is 12.8. The van der Waals surface area contributed by atoms with Gasteiger partial charge in [-0.2, -0.15) is 0 Å². The van der Waals surface area contributed by atoms with Gasteiger partial charge in [0.25, 0.3) is 0 Å². The summed E-state index contributed by atoms with van der Waals surface area (Å²) in [6, 6.07) is 5.76. The van der Waals surface area contributed by atoms with Crippen LogP contribution in [-0.2, 0) is 10.3 Å². The summed E-state index contributed by atoms with van der Waals surface area (Å²) in [5.74, 6) is 1.30. The van der Waals surface area contributed by atoms with Crippen molar-refractivity contribution >= 4 is 23.9 Å². The van der Waals surface area contributed by atoms with Crippen molar-refractivity contribution < 1.29 is 14.3 Å². The summed E-state index contributed by atoms with van der Waals surface area (Å²) in [7, 11) is 0. The largest absolute Gasteiger partial charge is 0.492 e. The van der Waals surface area contributed by atoms with Gasteiger partial charge >= 0.3 is 6.03 Å². The van der Waals surface area contributed by atoms with Gasteiger partial charge in [-0.3, -0.25) is 0 Å². The number of urea groups is 1. The van der Waals surface area contributed by atoms with Gasteiger partial charge in [0.15, 0.2) is 0 Å². The molecule has 5 nitrogen and oxygen atoms in total. The van der Waals surface area contributed by atoms with Crippen molar-refractivity contribution in [2.75, 3.05) is 13.2 Å². The summed E-state index contributed by atoms with van der Waals surface area (Å²) >= 11 is 6.60. The first kappa shape index (κ1) is 21.2. The van der Waals surface area contributed by atoms with E-state index in [2.05, 4.69) is 19.2 Å². The highest BCUT2D eigenvalue weighted by molar-refractivity contribution is 6.32. The van der Waals surface area contributed by atoms with Gasteiger partial charge in [-0.15, -0.1) is 0 Å². The van der Waals surface area contributed by atoms with Crippen molar-refractivity contribution in [3.05, 3.63) is 40.6 Å². The molecule has 1 N–H and O–H groups in total. The van der Waals surface area contributed by atoms with E-state index in [1.54, 1.807) is 4.90 Å². The van der Waals surface area contributed by atoms with Gasteiger partial charge in [-0.05, 0) is 66.7 Å². The first-order chi connectivity index (χ1) is 14.3. The van der Waals surface area contributed by atoms with Crippen molar-refractivity contribution in [2.45, 2.75) is 64.3 Å². The maximum Gasteiger partial charge on any atom is 0.322 e. The SMILES string of the molecule is CC1(C)CC(COc2ccc(C34CCCCC3=CN(CCC=O)C(=O)N4)cc2Cl)C1. The smallest absolute Gasteiger partial charge is 0.322 e. The Morgan fingerprint density at radius 2 is 2.10 bits per heavy atom. The Kier molecular flexibility index (Phi) is 5.84. The van der Waals surface area contributed by atoms with Crippen LogP contribution in [0.3, 0.4) is 0 Å². The van der Waals surface area contributed by atoms with Gasteiger partial charge < -0.3 is 19.7 Å². The third-order valence-corrected chi connectivity index (χ3v) is 7.05. The maximum atomic E-state index is 12.8. The molecule has 0 aromatic heterocycles. The lowest BCUT2D eigenvalue weighted by Gasteiger charge is -2.45. The number of carbonyl (C=O) groups excluding carboxylic acids is 2. The van der Waals surface area contributed by atoms with E-state index in [1.165, 1.54) is 18.4 Å². The molecule has 162 valence electrons. The number of nitrogens with one attached hydrogen (secondary N) is 1. The van der Waals surface area contributed by atoms with E-state index in [4.69, 9.17) is 16.3 Å². The molecule has 1 aromatic rings. The number of nitrogens with zero attached hydrogens (tertiary/aromatic N) is 1. The number of amides is 2. The summed E-state index contributed by atoms with van der Waals surface area (Å²) in [5, 5.41) is 3.82. The van der Waals surface area contributed by atoms with Gasteiger partial charge in [-0.1, -0.05) is 37.9 Å². The first-order valence-electron chi connectivity index (χ1n) is 11.0. The molecule has 1 aliphatic heterocycles. The summed E-state index contributed by atoms with van der Waals surface area (Å²) in [5.41, 5.74) is 2.09. The minimum absolute atomic E-state index is 0.161. The minimum atomic E-state index is -0.521. The van der Waals surface area contributed by atoms with E-state index in [1.807, 2.05) is 24.4 Å². The van der Waals surface area contributed by atoms with Gasteiger partial charge in [-0.25, -0.2) is 4.79 Å². The second-order valence-electron chi connectivity index (χ2n) is 9.74. The molecule has 0 bridgehead atoms. The van der Waals surface area contributed by atoms with Crippen LogP contribution in [0.4, 0.5) is 4.79 Å². The molecule has 0 spiro atoms. The van der Waals surface area contributed by atoms with Crippen LogP contribution < -0.4 is 10.1 Å². The van der Waals surface area contributed by atoms with Crippen molar-refractivity contribution in [2.24, 2.45) is 11.3 Å². The van der Waals surface area contributed by atoms with Crippen LogP contribution in [0.2, 0.25) is 5.02 Å². The zero-order valence-corrected chi connectivity index (χ0v) is 18.6. The van der Waals surface area contributed by atoms with E-state index in [-0.39, 0.29) is 6.03 Å². The minimum Gasteiger partial charge on any atom is -0.492 e. The molecule has 4 rings (SSSR count). The number of halogens is 1. The highest BCUT2D eigenvalue weighted by Crippen LogP contribution is 2.46. The monoisotopic (exact) mass is 430 g/mol. The molecule has 2 saturated carbocycles. The quantitative estimate of drug-likeness (QED) is 0.587. The molecule has 2 fully saturated rings. The predicted molar refractivity (Wildman–Crippen MR) is 118 cm³/mol. The van der Waals surface area contributed by atoms with Crippen molar-refractivity contribution in [1.29, 1.82) is 0 Å². The molecule has 2 aliphatic carbocycles. The molecule has 0 radical (unpaired) electrons. The molecule has 6 heteroatoms. The number of rotatable bonds is 7. The van der Waals surface area contributed by atoms with E-state index < -0.39 is 5.54 Å². The van der Waals surface area contributed by atoms with Crippen molar-refractivity contribution in [3.8, 4) is 5.75 Å². The van der Waals surface area contributed by atoms with Crippen LogP contribution in [-0.4, -0.2) is 30.4 Å². The van der Waals surface area contributed by atoms with Gasteiger partial charge in [0, 0.05) is 19.2 Å². The number of carbonyl (C=O) groups is 2. The normalized spacial score (nSPS) is 25.6. The lowest BCUT2D eigenvalue weighted by Crippen LogP contribution is -2.56. The first-order valence-corrected chi connectivity index (χ1v) is 11.4. The van der Waals surface area contributed by atoms with Gasteiger partial charge in [0.1, 0.15) is 12.0 Å². The van der Waals surface area contributed by atoms with E-state index >= 15 is 0 Å². The van der Waals surface area contributed by atoms with Crippen LogP contribution >= 0.6 is 11.6 Å². The van der Waals surface area contributed by atoms with E-state index in [0.717, 1.165) is 37.5 Å². The zero-order chi connectivity index (χ0) is 21.4. The van der Waals surface area contributed by atoms with Crippen LogP contribution in [0.1, 0.15) is 64.4 Å². The Morgan fingerprint density at radius 1 is 1.30 bits per heavy atom. The molecule has 1 unspecified atom stereocenters. The standard InChI is InChI=1S/C24H31ClN2O3/c1-23(2)13-17(14-23)16-30-21-8-7-18(12-20(21)25)24-9-4-3-6-19(24)15-27(10-5-11-28)22(29)26-24/h7-8,11-12,15,17H,3-6,9-10,13-14,16H2,1-2H3,(H,26,29). The number of ether oxygens (including phenoxy) is 1. The molecule has 0 saturated heterocycles. The Bertz CT molecular complexity index is 858. The number of hydrogen-bond donors (Lipinski definition) is 1. The summed E-state index contributed by atoms with van der Waals surface area (Å²) in [4.78, 5) is 25.1. The Morgan fingerprint density at radius 3 is 2.80 bits per heavy atom. The Labute approximate surface area is 183 Å². The second-order valence-corrected chi connectivity index (χ2v) is 10.1. The summed E-state index contributed by atoms with van der Waals surface area (Å²) in [6.07, 6.45) is 9.40. The highest BCUT2D eigenvalue weighted by Gasteiger charge is 2.43. The average molecular weight is 431 g/mol. The van der Waals surface area contributed by atoms with Gasteiger partial charge in [0.05, 0.1) is 17.2 Å². The van der Waals surface area contributed by atoms with Gasteiger partial charge in [0.2, 0.25) is 0 Å². The lowest BCUT2D eigenvalue weighted by molar-refractivity contribution is -0.107. The van der Waals surface area contributed by atoms with Crippen LogP contribution in [0.5, 0.6) is 5.75 Å². The number of fused-ring (bicyclic) bond motifs is 1. The third kappa shape index (κ3) is 4.09. The molecule has 1 heterocycles. The topological polar surface area (TPSA) is 58.6 Å². The number of benzene rings is 1.